The molecule has 1 saturated heterocycles. The number of non-ortho nitro benzene ring substituents is 1. The maximum absolute atomic E-state index is 10.9. The summed E-state index contributed by atoms with van der Waals surface area (Å²) in [7, 11) is 1.66. The molecule has 26 heavy (non-hydrogen) atoms. The highest BCUT2D eigenvalue weighted by molar-refractivity contribution is 5.77. The Hall–Kier alpha value is -3.29. The van der Waals surface area contributed by atoms with Crippen LogP contribution in [0.25, 0.3) is 11.1 Å². The number of methoxy groups -OCH3 is 1. The van der Waals surface area contributed by atoms with Gasteiger partial charge in [-0.25, -0.2) is 0 Å². The van der Waals surface area contributed by atoms with Crippen LogP contribution in [-0.4, -0.2) is 43.2 Å². The molecule has 1 fully saturated rings. The number of anilines is 2. The molecule has 4 rings (SSSR count). The number of benzene rings is 2. The van der Waals surface area contributed by atoms with E-state index in [0.717, 1.165) is 37.6 Å². The van der Waals surface area contributed by atoms with Crippen molar-refractivity contribution >= 4 is 28.5 Å². The molecule has 0 atom stereocenters. The third kappa shape index (κ3) is 3.01. The standard InChI is InChI=1S/C18H18N4O4/c1-25-15-5-2-13(3-6-15)20-8-10-21(11-9-20)18-19-16-12-14(22(23)24)4-7-17(16)26-18/h2-7,12H,8-11H2,1H3. The van der Waals surface area contributed by atoms with E-state index in [2.05, 4.69) is 14.8 Å². The summed E-state index contributed by atoms with van der Waals surface area (Å²) in [6.07, 6.45) is 0. The van der Waals surface area contributed by atoms with E-state index in [-0.39, 0.29) is 5.69 Å². The predicted octanol–water partition coefficient (Wildman–Crippen LogP) is 3.07. The topological polar surface area (TPSA) is 84.9 Å². The minimum atomic E-state index is -0.429. The number of hydrogen-bond donors (Lipinski definition) is 0. The molecular weight excluding hydrogens is 336 g/mol. The van der Waals surface area contributed by atoms with Gasteiger partial charge in [0.1, 0.15) is 11.3 Å². The van der Waals surface area contributed by atoms with Crippen LogP contribution in [-0.2, 0) is 0 Å². The Labute approximate surface area is 149 Å². The zero-order valence-corrected chi connectivity index (χ0v) is 14.3. The van der Waals surface area contributed by atoms with Crippen molar-refractivity contribution in [3.63, 3.8) is 0 Å². The molecule has 1 aromatic heterocycles. The van der Waals surface area contributed by atoms with Gasteiger partial charge in [0, 0.05) is 44.0 Å². The van der Waals surface area contributed by atoms with Crippen molar-refractivity contribution in [2.45, 2.75) is 0 Å². The van der Waals surface area contributed by atoms with Crippen molar-refractivity contribution in [3.05, 3.63) is 52.6 Å². The maximum atomic E-state index is 10.9. The first-order valence-electron chi connectivity index (χ1n) is 8.33. The normalized spacial score (nSPS) is 14.7. The van der Waals surface area contributed by atoms with E-state index in [0.29, 0.717) is 17.1 Å². The number of nitro benzene ring substituents is 1. The number of hydrogen-bond acceptors (Lipinski definition) is 7. The van der Waals surface area contributed by atoms with Gasteiger partial charge in [0.25, 0.3) is 11.7 Å². The molecule has 0 amide bonds. The fraction of sp³-hybridized carbons (Fsp3) is 0.278. The zero-order valence-electron chi connectivity index (χ0n) is 14.3. The molecule has 0 N–H and O–H groups in total. The summed E-state index contributed by atoms with van der Waals surface area (Å²) in [5, 5.41) is 10.9. The Morgan fingerprint density at radius 2 is 1.77 bits per heavy atom. The van der Waals surface area contributed by atoms with Crippen LogP contribution in [0.2, 0.25) is 0 Å². The largest absolute Gasteiger partial charge is 0.497 e. The Morgan fingerprint density at radius 1 is 1.08 bits per heavy atom. The Morgan fingerprint density at radius 3 is 2.42 bits per heavy atom. The highest BCUT2D eigenvalue weighted by Crippen LogP contribution is 2.27. The number of nitrogens with zero attached hydrogens (tertiary/aromatic N) is 4. The minimum absolute atomic E-state index is 0.0154. The zero-order chi connectivity index (χ0) is 18.1. The van der Waals surface area contributed by atoms with Gasteiger partial charge in [-0.05, 0) is 30.3 Å². The molecule has 0 saturated carbocycles. The Balaban J connectivity index is 1.47. The van der Waals surface area contributed by atoms with Crippen LogP contribution in [0.5, 0.6) is 5.75 Å². The molecule has 0 aliphatic carbocycles. The molecule has 0 radical (unpaired) electrons. The van der Waals surface area contributed by atoms with Crippen LogP contribution >= 0.6 is 0 Å². The lowest BCUT2D eigenvalue weighted by Crippen LogP contribution is -2.46. The molecule has 0 spiro atoms. The second-order valence-electron chi connectivity index (χ2n) is 6.08. The van der Waals surface area contributed by atoms with E-state index in [1.54, 1.807) is 13.2 Å². The van der Waals surface area contributed by atoms with E-state index in [9.17, 15) is 10.1 Å². The SMILES string of the molecule is COc1ccc(N2CCN(c3nc4cc([N+](=O)[O-])ccc4o3)CC2)cc1. The van der Waals surface area contributed by atoms with Crippen molar-refractivity contribution in [2.75, 3.05) is 43.1 Å². The number of oxazole rings is 1. The van der Waals surface area contributed by atoms with Crippen molar-refractivity contribution in [3.8, 4) is 5.75 Å². The van der Waals surface area contributed by atoms with E-state index < -0.39 is 4.92 Å². The van der Waals surface area contributed by atoms with Gasteiger partial charge in [-0.3, -0.25) is 10.1 Å². The van der Waals surface area contributed by atoms with E-state index in [1.807, 2.05) is 24.3 Å². The van der Waals surface area contributed by atoms with Gasteiger partial charge in [-0.15, -0.1) is 0 Å². The summed E-state index contributed by atoms with van der Waals surface area (Å²) in [6, 6.07) is 13.0. The van der Waals surface area contributed by atoms with Gasteiger partial charge in [0.2, 0.25) is 0 Å². The van der Waals surface area contributed by atoms with Gasteiger partial charge in [-0.1, -0.05) is 0 Å². The van der Waals surface area contributed by atoms with Crippen molar-refractivity contribution < 1.29 is 14.1 Å². The summed E-state index contributed by atoms with van der Waals surface area (Å²) in [5.41, 5.74) is 2.23. The second kappa shape index (κ2) is 6.55. The quantitative estimate of drug-likeness (QED) is 0.526. The molecule has 0 unspecified atom stereocenters. The third-order valence-corrected chi connectivity index (χ3v) is 4.56. The summed E-state index contributed by atoms with van der Waals surface area (Å²) in [5.74, 6) is 0.841. The van der Waals surface area contributed by atoms with Crippen molar-refractivity contribution in [2.24, 2.45) is 0 Å². The van der Waals surface area contributed by atoms with Gasteiger partial charge in [0.05, 0.1) is 12.0 Å². The smallest absolute Gasteiger partial charge is 0.298 e. The highest BCUT2D eigenvalue weighted by atomic mass is 16.6. The van der Waals surface area contributed by atoms with E-state index >= 15 is 0 Å². The fourth-order valence-corrected chi connectivity index (χ4v) is 3.10. The molecule has 1 aliphatic rings. The van der Waals surface area contributed by atoms with Crippen LogP contribution < -0.4 is 14.5 Å². The average molecular weight is 354 g/mol. The molecule has 2 aromatic carbocycles. The maximum Gasteiger partial charge on any atom is 0.298 e. The third-order valence-electron chi connectivity index (χ3n) is 4.56. The van der Waals surface area contributed by atoms with Gasteiger partial charge in [-0.2, -0.15) is 4.98 Å². The highest BCUT2D eigenvalue weighted by Gasteiger charge is 2.22. The number of aromatic nitrogens is 1. The lowest BCUT2D eigenvalue weighted by atomic mass is 10.2. The number of ether oxygens (including phenoxy) is 1. The average Bonchev–Trinajstić information content (AvgIpc) is 3.11. The first-order valence-corrected chi connectivity index (χ1v) is 8.33. The van der Waals surface area contributed by atoms with Crippen LogP contribution in [0.3, 0.4) is 0 Å². The molecule has 8 heteroatoms. The van der Waals surface area contributed by atoms with Crippen LogP contribution in [0, 0.1) is 10.1 Å². The van der Waals surface area contributed by atoms with E-state index in [4.69, 9.17) is 9.15 Å². The Bertz CT molecular complexity index is 930. The van der Waals surface area contributed by atoms with Gasteiger partial charge >= 0.3 is 0 Å². The molecule has 2 heterocycles. The van der Waals surface area contributed by atoms with Crippen LogP contribution in [0.15, 0.2) is 46.9 Å². The number of rotatable bonds is 4. The number of nitro groups is 1. The monoisotopic (exact) mass is 354 g/mol. The minimum Gasteiger partial charge on any atom is -0.497 e. The van der Waals surface area contributed by atoms with Crippen molar-refractivity contribution in [1.82, 2.24) is 4.98 Å². The summed E-state index contributed by atoms with van der Waals surface area (Å²) in [6.45, 7) is 3.21. The van der Waals surface area contributed by atoms with Crippen LogP contribution in [0.1, 0.15) is 0 Å². The molecule has 3 aromatic rings. The summed E-state index contributed by atoms with van der Waals surface area (Å²) in [4.78, 5) is 19.2. The fourth-order valence-electron chi connectivity index (χ4n) is 3.10. The second-order valence-corrected chi connectivity index (χ2v) is 6.08. The van der Waals surface area contributed by atoms with Crippen LogP contribution in [0.4, 0.5) is 17.4 Å². The Kier molecular flexibility index (Phi) is 4.08. The summed E-state index contributed by atoms with van der Waals surface area (Å²) < 4.78 is 11.0. The van der Waals surface area contributed by atoms with E-state index in [1.165, 1.54) is 12.1 Å². The molecule has 8 nitrogen and oxygen atoms in total. The molecule has 134 valence electrons. The van der Waals surface area contributed by atoms with Gasteiger partial charge < -0.3 is 19.0 Å². The predicted molar refractivity (Wildman–Crippen MR) is 98.1 cm³/mol. The lowest BCUT2D eigenvalue weighted by molar-refractivity contribution is -0.384. The van der Waals surface area contributed by atoms with Gasteiger partial charge in [0.15, 0.2) is 5.58 Å². The first kappa shape index (κ1) is 16.2. The lowest BCUT2D eigenvalue weighted by Gasteiger charge is -2.35. The number of fused-ring (bicyclic) bond motifs is 1. The molecular formula is C18H18N4O4. The summed E-state index contributed by atoms with van der Waals surface area (Å²) >= 11 is 0. The molecule has 0 bridgehead atoms. The molecule has 1 aliphatic heterocycles. The number of piperazine rings is 1. The first-order chi connectivity index (χ1) is 12.6. The van der Waals surface area contributed by atoms with Crippen molar-refractivity contribution in [1.29, 1.82) is 0 Å².